The number of aliphatic imine (C=N–C) groups is 1. The summed E-state index contributed by atoms with van der Waals surface area (Å²) in [5.41, 5.74) is 4.01. The van der Waals surface area contributed by atoms with Crippen molar-refractivity contribution in [3.63, 3.8) is 0 Å². The van der Waals surface area contributed by atoms with Crippen LogP contribution in [0.2, 0.25) is 0 Å². The summed E-state index contributed by atoms with van der Waals surface area (Å²) >= 11 is 0. The molecular weight excluding hydrogens is 246 g/mol. The molecule has 0 radical (unpaired) electrons. The molecule has 1 heterocycles. The Morgan fingerprint density at radius 1 is 1.50 bits per heavy atom. The predicted molar refractivity (Wildman–Crippen MR) is 85.2 cm³/mol. The summed E-state index contributed by atoms with van der Waals surface area (Å²) in [5.74, 6) is 0. The normalized spacial score (nSPS) is 19.4. The zero-order valence-electron chi connectivity index (χ0n) is 12.4. The molecule has 0 bridgehead atoms. The summed E-state index contributed by atoms with van der Waals surface area (Å²) in [4.78, 5) is 4.43. The molecule has 20 heavy (non-hydrogen) atoms. The van der Waals surface area contributed by atoms with Crippen molar-refractivity contribution in [1.82, 2.24) is 9.78 Å². The van der Waals surface area contributed by atoms with Crippen LogP contribution in [0, 0.1) is 0 Å². The van der Waals surface area contributed by atoms with Crippen LogP contribution in [-0.4, -0.2) is 22.5 Å². The standard InChI is InChI=1S/C17H21N3/c1-5-13(2)14(3)17(18-4)16-11-12-19-20(16)15-9-7-6-8-10-15/h5-9,11-12,15H,3,10H2,1-2,4H3/b13-5-,18-17?. The van der Waals surface area contributed by atoms with Crippen LogP contribution in [-0.2, 0) is 0 Å². The highest BCUT2D eigenvalue weighted by Crippen LogP contribution is 2.22. The first-order valence-corrected chi connectivity index (χ1v) is 6.85. The Morgan fingerprint density at radius 2 is 2.30 bits per heavy atom. The molecule has 3 nitrogen and oxygen atoms in total. The van der Waals surface area contributed by atoms with E-state index < -0.39 is 0 Å². The van der Waals surface area contributed by atoms with E-state index in [0.717, 1.165) is 29.0 Å². The van der Waals surface area contributed by atoms with Crippen molar-refractivity contribution in [3.05, 3.63) is 66.1 Å². The van der Waals surface area contributed by atoms with E-state index in [1.807, 2.05) is 23.9 Å². The third kappa shape index (κ3) is 2.72. The van der Waals surface area contributed by atoms with Crippen LogP contribution in [0.1, 0.15) is 32.0 Å². The third-order valence-corrected chi connectivity index (χ3v) is 3.60. The molecule has 2 rings (SSSR count). The number of nitrogens with zero attached hydrogens (tertiary/aromatic N) is 3. The molecule has 104 valence electrons. The van der Waals surface area contributed by atoms with Crippen molar-refractivity contribution in [3.8, 4) is 0 Å². The van der Waals surface area contributed by atoms with Crippen LogP contribution in [0.5, 0.6) is 0 Å². The number of hydrogen-bond donors (Lipinski definition) is 0. The maximum Gasteiger partial charge on any atom is 0.0893 e. The molecule has 0 aliphatic heterocycles. The van der Waals surface area contributed by atoms with E-state index in [9.17, 15) is 0 Å². The largest absolute Gasteiger partial charge is 0.286 e. The van der Waals surface area contributed by atoms with Crippen molar-refractivity contribution >= 4 is 5.71 Å². The maximum absolute atomic E-state index is 4.47. The first kappa shape index (κ1) is 14.3. The minimum atomic E-state index is 0.250. The van der Waals surface area contributed by atoms with Crippen molar-refractivity contribution < 1.29 is 0 Å². The van der Waals surface area contributed by atoms with Crippen molar-refractivity contribution in [1.29, 1.82) is 0 Å². The molecule has 0 fully saturated rings. The zero-order chi connectivity index (χ0) is 14.5. The molecule has 1 aromatic heterocycles. The lowest BCUT2D eigenvalue weighted by molar-refractivity contribution is 0.537. The van der Waals surface area contributed by atoms with Gasteiger partial charge in [-0.05, 0) is 37.5 Å². The fourth-order valence-electron chi connectivity index (χ4n) is 2.28. The molecule has 1 atom stereocenters. The SMILES string of the molecule is C=C(C(=NC)c1ccnn1C1C=CC=CC1)/C(C)=C\C. The molecule has 1 unspecified atom stereocenters. The van der Waals surface area contributed by atoms with Gasteiger partial charge in [0.15, 0.2) is 0 Å². The highest BCUT2D eigenvalue weighted by Gasteiger charge is 2.18. The maximum atomic E-state index is 4.47. The summed E-state index contributed by atoms with van der Waals surface area (Å²) in [7, 11) is 1.80. The highest BCUT2D eigenvalue weighted by atomic mass is 15.3. The second kappa shape index (κ2) is 6.33. The number of rotatable bonds is 4. The molecule has 1 aliphatic carbocycles. The fraction of sp³-hybridized carbons (Fsp3) is 0.294. The first-order valence-electron chi connectivity index (χ1n) is 6.85. The van der Waals surface area contributed by atoms with Crippen molar-refractivity contribution in [2.45, 2.75) is 26.3 Å². The van der Waals surface area contributed by atoms with E-state index in [1.165, 1.54) is 0 Å². The minimum Gasteiger partial charge on any atom is -0.286 e. The van der Waals surface area contributed by atoms with Gasteiger partial charge in [0.25, 0.3) is 0 Å². The van der Waals surface area contributed by atoms with Crippen LogP contribution in [0.3, 0.4) is 0 Å². The van der Waals surface area contributed by atoms with Crippen LogP contribution in [0.4, 0.5) is 0 Å². The summed E-state index contributed by atoms with van der Waals surface area (Å²) < 4.78 is 2.02. The Bertz CT molecular complexity index is 612. The van der Waals surface area contributed by atoms with Gasteiger partial charge in [-0.1, -0.05) is 37.0 Å². The van der Waals surface area contributed by atoms with Gasteiger partial charge in [-0.2, -0.15) is 5.10 Å². The van der Waals surface area contributed by atoms with Gasteiger partial charge in [0.1, 0.15) is 0 Å². The Hall–Kier alpha value is -2.16. The molecular formula is C17H21N3. The highest BCUT2D eigenvalue weighted by molar-refractivity contribution is 6.13. The molecule has 0 aromatic carbocycles. The van der Waals surface area contributed by atoms with Crippen LogP contribution in [0.15, 0.2) is 65.4 Å². The monoisotopic (exact) mass is 267 g/mol. The van der Waals surface area contributed by atoms with E-state index in [-0.39, 0.29) is 6.04 Å². The second-order valence-electron chi connectivity index (χ2n) is 4.80. The van der Waals surface area contributed by atoms with Crippen LogP contribution in [0.25, 0.3) is 0 Å². The molecule has 1 aromatic rings. The Morgan fingerprint density at radius 3 is 2.90 bits per heavy atom. The van der Waals surface area contributed by atoms with Crippen molar-refractivity contribution in [2.75, 3.05) is 7.05 Å². The van der Waals surface area contributed by atoms with E-state index in [4.69, 9.17) is 0 Å². The number of hydrogen-bond acceptors (Lipinski definition) is 2. The van der Waals surface area contributed by atoms with E-state index in [1.54, 1.807) is 7.05 Å². The lowest BCUT2D eigenvalue weighted by Gasteiger charge is -2.19. The van der Waals surface area contributed by atoms with Gasteiger partial charge in [0.05, 0.1) is 17.4 Å². The average molecular weight is 267 g/mol. The fourth-order valence-corrected chi connectivity index (χ4v) is 2.28. The minimum absolute atomic E-state index is 0.250. The van der Waals surface area contributed by atoms with Gasteiger partial charge in [-0.3, -0.25) is 9.67 Å². The summed E-state index contributed by atoms with van der Waals surface area (Å²) in [5, 5.41) is 4.47. The molecule has 0 spiro atoms. The quantitative estimate of drug-likeness (QED) is 0.601. The van der Waals surface area contributed by atoms with Crippen LogP contribution >= 0.6 is 0 Å². The van der Waals surface area contributed by atoms with E-state index >= 15 is 0 Å². The Labute approximate surface area is 120 Å². The van der Waals surface area contributed by atoms with Gasteiger partial charge >= 0.3 is 0 Å². The van der Waals surface area contributed by atoms with E-state index in [0.29, 0.717) is 0 Å². The molecule has 0 saturated carbocycles. The van der Waals surface area contributed by atoms with Gasteiger partial charge in [-0.15, -0.1) is 0 Å². The Kier molecular flexibility index (Phi) is 4.51. The lowest BCUT2D eigenvalue weighted by Crippen LogP contribution is -2.17. The molecule has 0 amide bonds. The van der Waals surface area contributed by atoms with Crippen LogP contribution < -0.4 is 0 Å². The lowest BCUT2D eigenvalue weighted by atomic mass is 10.0. The zero-order valence-corrected chi connectivity index (χ0v) is 12.4. The second-order valence-corrected chi connectivity index (χ2v) is 4.80. The van der Waals surface area contributed by atoms with Gasteiger partial charge in [-0.25, -0.2) is 0 Å². The van der Waals surface area contributed by atoms with Crippen molar-refractivity contribution in [2.24, 2.45) is 4.99 Å². The summed E-state index contributed by atoms with van der Waals surface area (Å²) in [6.45, 7) is 8.23. The number of aromatic nitrogens is 2. The molecule has 3 heteroatoms. The molecule has 0 N–H and O–H groups in total. The van der Waals surface area contributed by atoms with Gasteiger partial charge < -0.3 is 0 Å². The Balaban J connectivity index is 2.38. The topological polar surface area (TPSA) is 30.2 Å². The predicted octanol–water partition coefficient (Wildman–Crippen LogP) is 3.88. The summed E-state index contributed by atoms with van der Waals surface area (Å²) in [6.07, 6.45) is 13.3. The molecule has 0 saturated heterocycles. The smallest absolute Gasteiger partial charge is 0.0893 e. The van der Waals surface area contributed by atoms with Gasteiger partial charge in [0, 0.05) is 13.2 Å². The molecule has 1 aliphatic rings. The number of allylic oxidation sites excluding steroid dienone is 7. The summed E-state index contributed by atoms with van der Waals surface area (Å²) in [6, 6.07) is 2.25. The third-order valence-electron chi connectivity index (χ3n) is 3.60. The first-order chi connectivity index (χ1) is 9.69. The van der Waals surface area contributed by atoms with E-state index in [2.05, 4.69) is 54.0 Å². The average Bonchev–Trinajstić information content (AvgIpc) is 2.97. The van der Waals surface area contributed by atoms with Gasteiger partial charge in [0.2, 0.25) is 0 Å².